The fourth-order valence-electron chi connectivity index (χ4n) is 2.30. The summed E-state index contributed by atoms with van der Waals surface area (Å²) in [5, 5.41) is 6.22. The second-order valence-electron chi connectivity index (χ2n) is 5.33. The summed E-state index contributed by atoms with van der Waals surface area (Å²) in [5.74, 6) is 0.453. The highest BCUT2D eigenvalue weighted by Gasteiger charge is 2.14. The molecule has 0 aliphatic rings. The van der Waals surface area contributed by atoms with Gasteiger partial charge in [0.2, 0.25) is 10.0 Å². The van der Waals surface area contributed by atoms with E-state index in [0.29, 0.717) is 11.4 Å². The van der Waals surface area contributed by atoms with Gasteiger partial charge in [0.15, 0.2) is 0 Å². The van der Waals surface area contributed by atoms with Crippen molar-refractivity contribution in [1.29, 1.82) is 0 Å². The van der Waals surface area contributed by atoms with Gasteiger partial charge in [0, 0.05) is 18.7 Å². The number of thiophene rings is 1. The van der Waals surface area contributed by atoms with Gasteiger partial charge in [-0.3, -0.25) is 4.79 Å². The summed E-state index contributed by atoms with van der Waals surface area (Å²) in [6.45, 7) is 0.168. The quantitative estimate of drug-likeness (QED) is 0.665. The van der Waals surface area contributed by atoms with Crippen molar-refractivity contribution in [2.45, 2.75) is 11.4 Å². The summed E-state index contributed by atoms with van der Waals surface area (Å²) >= 11 is 1.52. The first kappa shape index (κ1) is 18.3. The van der Waals surface area contributed by atoms with E-state index in [9.17, 15) is 13.2 Å². The van der Waals surface area contributed by atoms with E-state index in [4.69, 9.17) is 4.74 Å². The topological polar surface area (TPSA) is 90.3 Å². The lowest BCUT2D eigenvalue weighted by molar-refractivity contribution is 0.413. The number of sulfonamides is 1. The van der Waals surface area contributed by atoms with Gasteiger partial charge in [-0.15, -0.1) is 11.3 Å². The van der Waals surface area contributed by atoms with Crippen LogP contribution < -0.4 is 15.0 Å². The van der Waals surface area contributed by atoms with Crippen LogP contribution in [0.25, 0.3) is 10.6 Å². The van der Waals surface area contributed by atoms with Crippen LogP contribution in [0.2, 0.25) is 0 Å². The van der Waals surface area contributed by atoms with Crippen LogP contribution >= 0.6 is 11.3 Å². The third-order valence-corrected chi connectivity index (χ3v) is 5.96. The first-order valence-electron chi connectivity index (χ1n) is 7.75. The molecule has 1 aromatic carbocycles. The normalized spacial score (nSPS) is 11.4. The smallest absolute Gasteiger partial charge is 0.266 e. The van der Waals surface area contributed by atoms with Crippen molar-refractivity contribution in [1.82, 2.24) is 14.5 Å². The van der Waals surface area contributed by atoms with Gasteiger partial charge in [0.1, 0.15) is 11.4 Å². The number of hydrogen-bond donors (Lipinski definition) is 1. The number of benzene rings is 1. The average Bonchev–Trinajstić information content (AvgIpc) is 3.18. The SMILES string of the molecule is COc1cccc(S(=O)(=O)NCCn2nc(-c3cccs3)ccc2=O)c1. The molecule has 1 N–H and O–H groups in total. The molecule has 7 nitrogen and oxygen atoms in total. The fourth-order valence-corrected chi connectivity index (χ4v) is 4.05. The lowest BCUT2D eigenvalue weighted by atomic mass is 10.3. The summed E-state index contributed by atoms with van der Waals surface area (Å²) < 4.78 is 33.5. The summed E-state index contributed by atoms with van der Waals surface area (Å²) in [5.41, 5.74) is 0.390. The standard InChI is InChI=1S/C17H17N3O4S2/c1-24-13-4-2-5-14(12-13)26(22,23)18-9-10-20-17(21)8-7-15(19-20)16-6-3-11-25-16/h2-8,11-12,18H,9-10H2,1H3. The number of nitrogens with one attached hydrogen (secondary N) is 1. The summed E-state index contributed by atoms with van der Waals surface area (Å²) in [7, 11) is -2.23. The maximum absolute atomic E-state index is 12.4. The summed E-state index contributed by atoms with van der Waals surface area (Å²) in [4.78, 5) is 13.0. The number of hydrogen-bond acceptors (Lipinski definition) is 6. The molecular weight excluding hydrogens is 374 g/mol. The number of nitrogens with zero attached hydrogens (tertiary/aromatic N) is 2. The number of rotatable bonds is 7. The lowest BCUT2D eigenvalue weighted by Gasteiger charge is -2.09. The molecule has 0 bridgehead atoms. The van der Waals surface area contributed by atoms with Crippen molar-refractivity contribution >= 4 is 21.4 Å². The molecule has 0 atom stereocenters. The average molecular weight is 391 g/mol. The Morgan fingerprint density at radius 2 is 2.04 bits per heavy atom. The van der Waals surface area contributed by atoms with Gasteiger partial charge in [-0.25, -0.2) is 17.8 Å². The molecule has 0 aliphatic heterocycles. The van der Waals surface area contributed by atoms with Gasteiger partial charge < -0.3 is 4.74 Å². The highest BCUT2D eigenvalue weighted by molar-refractivity contribution is 7.89. The molecule has 2 aromatic heterocycles. The van der Waals surface area contributed by atoms with Crippen LogP contribution in [0.3, 0.4) is 0 Å². The van der Waals surface area contributed by atoms with E-state index in [-0.39, 0.29) is 23.5 Å². The Kier molecular flexibility index (Phi) is 5.50. The van der Waals surface area contributed by atoms with Gasteiger partial charge in [-0.1, -0.05) is 12.1 Å². The predicted molar refractivity (Wildman–Crippen MR) is 100.0 cm³/mol. The second kappa shape index (κ2) is 7.81. The lowest BCUT2D eigenvalue weighted by Crippen LogP contribution is -2.32. The van der Waals surface area contributed by atoms with Crippen molar-refractivity contribution < 1.29 is 13.2 Å². The summed E-state index contributed by atoms with van der Waals surface area (Å²) in [6.07, 6.45) is 0. The van der Waals surface area contributed by atoms with Crippen molar-refractivity contribution in [2.75, 3.05) is 13.7 Å². The van der Waals surface area contributed by atoms with Crippen LogP contribution in [0.4, 0.5) is 0 Å². The molecule has 3 aromatic rings. The van der Waals surface area contributed by atoms with Crippen molar-refractivity contribution in [3.05, 3.63) is 64.3 Å². The Bertz CT molecular complexity index is 1040. The van der Waals surface area contributed by atoms with Crippen LogP contribution in [-0.2, 0) is 16.6 Å². The molecule has 136 valence electrons. The fraction of sp³-hybridized carbons (Fsp3) is 0.176. The minimum atomic E-state index is -3.70. The third kappa shape index (κ3) is 4.18. The van der Waals surface area contributed by atoms with Crippen LogP contribution in [0.15, 0.2) is 63.6 Å². The number of aromatic nitrogens is 2. The molecule has 0 radical (unpaired) electrons. The zero-order valence-electron chi connectivity index (χ0n) is 14.0. The molecule has 0 aliphatic carbocycles. The first-order chi connectivity index (χ1) is 12.5. The van der Waals surface area contributed by atoms with Crippen LogP contribution in [-0.4, -0.2) is 31.9 Å². The monoisotopic (exact) mass is 391 g/mol. The number of methoxy groups -OCH3 is 1. The predicted octanol–water partition coefficient (Wildman–Crippen LogP) is 1.96. The highest BCUT2D eigenvalue weighted by Crippen LogP contribution is 2.21. The molecule has 9 heteroatoms. The van der Waals surface area contributed by atoms with E-state index in [0.717, 1.165) is 4.88 Å². The molecule has 0 fully saturated rings. The van der Waals surface area contributed by atoms with Crippen LogP contribution in [0.1, 0.15) is 0 Å². The van der Waals surface area contributed by atoms with E-state index in [1.54, 1.807) is 18.2 Å². The largest absolute Gasteiger partial charge is 0.497 e. The number of ether oxygens (including phenoxy) is 1. The molecule has 0 saturated carbocycles. The Morgan fingerprint density at radius 1 is 1.19 bits per heavy atom. The van der Waals surface area contributed by atoms with Gasteiger partial charge >= 0.3 is 0 Å². The van der Waals surface area contributed by atoms with Crippen LogP contribution in [0.5, 0.6) is 5.75 Å². The van der Waals surface area contributed by atoms with E-state index in [2.05, 4.69) is 9.82 Å². The van der Waals surface area contributed by atoms with E-state index < -0.39 is 10.0 Å². The molecular formula is C17H17N3O4S2. The highest BCUT2D eigenvalue weighted by atomic mass is 32.2. The molecule has 0 spiro atoms. The van der Waals surface area contributed by atoms with Gasteiger partial charge in [-0.05, 0) is 29.6 Å². The molecule has 0 unspecified atom stereocenters. The van der Waals surface area contributed by atoms with Crippen molar-refractivity contribution in [2.24, 2.45) is 0 Å². The van der Waals surface area contributed by atoms with Crippen molar-refractivity contribution in [3.63, 3.8) is 0 Å². The van der Waals surface area contributed by atoms with E-state index in [1.807, 2.05) is 17.5 Å². The van der Waals surface area contributed by atoms with Crippen LogP contribution in [0, 0.1) is 0 Å². The maximum Gasteiger partial charge on any atom is 0.266 e. The minimum absolute atomic E-state index is 0.0420. The molecule has 0 amide bonds. The molecule has 0 saturated heterocycles. The Morgan fingerprint density at radius 3 is 2.77 bits per heavy atom. The maximum atomic E-state index is 12.4. The minimum Gasteiger partial charge on any atom is -0.497 e. The Balaban J connectivity index is 1.71. The van der Waals surface area contributed by atoms with Gasteiger partial charge in [0.05, 0.1) is 23.4 Å². The Labute approximate surface area is 154 Å². The second-order valence-corrected chi connectivity index (χ2v) is 8.05. The zero-order valence-corrected chi connectivity index (χ0v) is 15.6. The zero-order chi connectivity index (χ0) is 18.6. The van der Waals surface area contributed by atoms with Crippen molar-refractivity contribution in [3.8, 4) is 16.3 Å². The van der Waals surface area contributed by atoms with Gasteiger partial charge in [-0.2, -0.15) is 5.10 Å². The van der Waals surface area contributed by atoms with E-state index >= 15 is 0 Å². The third-order valence-electron chi connectivity index (χ3n) is 3.61. The molecule has 26 heavy (non-hydrogen) atoms. The summed E-state index contributed by atoms with van der Waals surface area (Å²) in [6, 6.07) is 13.1. The first-order valence-corrected chi connectivity index (χ1v) is 10.1. The Hall–Kier alpha value is -2.49. The molecule has 2 heterocycles. The molecule has 3 rings (SSSR count). The van der Waals surface area contributed by atoms with E-state index in [1.165, 1.54) is 41.3 Å². The van der Waals surface area contributed by atoms with Gasteiger partial charge in [0.25, 0.3) is 5.56 Å².